The minimum atomic E-state index is -1.24. The van der Waals surface area contributed by atoms with Crippen molar-refractivity contribution in [3.8, 4) is 0 Å². The summed E-state index contributed by atoms with van der Waals surface area (Å²) in [5, 5.41) is 17.6. The van der Waals surface area contributed by atoms with Crippen molar-refractivity contribution in [3.63, 3.8) is 0 Å². The second-order valence-electron chi connectivity index (χ2n) is 5.68. The minimum absolute atomic E-state index is 0.304. The summed E-state index contributed by atoms with van der Waals surface area (Å²) in [6, 6.07) is 0. The molecule has 0 saturated heterocycles. The van der Waals surface area contributed by atoms with Crippen LogP contribution in [0.25, 0.3) is 0 Å². The van der Waals surface area contributed by atoms with E-state index in [0.717, 1.165) is 26.2 Å². The summed E-state index contributed by atoms with van der Waals surface area (Å²) in [6.45, 7) is 5.03. The van der Waals surface area contributed by atoms with Gasteiger partial charge in [-0.15, -0.1) is 0 Å². The van der Waals surface area contributed by atoms with Gasteiger partial charge in [0.25, 0.3) is 0 Å². The zero-order chi connectivity index (χ0) is 15.1. The zero-order valence-electron chi connectivity index (χ0n) is 13.5. The Balaban J connectivity index is 3.06. The predicted octanol–water partition coefficient (Wildman–Crippen LogP) is 2.78. The highest BCUT2D eigenvalue weighted by Gasteiger charge is 2.03. The number of rotatable bonds is 15. The fourth-order valence-corrected chi connectivity index (χ4v) is 2.25. The van der Waals surface area contributed by atoms with E-state index < -0.39 is 6.29 Å². The predicted molar refractivity (Wildman–Crippen MR) is 83.8 cm³/mol. The van der Waals surface area contributed by atoms with Gasteiger partial charge >= 0.3 is 0 Å². The average Bonchev–Trinajstić information content (AvgIpc) is 2.39. The van der Waals surface area contributed by atoms with Crippen LogP contribution in [0.3, 0.4) is 0 Å². The number of hydrogen-bond acceptors (Lipinski definition) is 4. The van der Waals surface area contributed by atoms with E-state index in [0.29, 0.717) is 6.54 Å². The molecule has 122 valence electrons. The van der Waals surface area contributed by atoms with Crippen LogP contribution in [-0.4, -0.2) is 54.8 Å². The van der Waals surface area contributed by atoms with E-state index in [-0.39, 0.29) is 0 Å². The van der Waals surface area contributed by atoms with Gasteiger partial charge < -0.3 is 19.8 Å². The lowest BCUT2D eigenvalue weighted by Crippen LogP contribution is -2.30. The summed E-state index contributed by atoms with van der Waals surface area (Å²) in [4.78, 5) is 1.91. The molecule has 4 nitrogen and oxygen atoms in total. The molecule has 0 unspecified atom stereocenters. The zero-order valence-corrected chi connectivity index (χ0v) is 13.5. The molecule has 0 atom stereocenters. The van der Waals surface area contributed by atoms with Crippen molar-refractivity contribution < 1.29 is 14.9 Å². The molecule has 0 aromatic carbocycles. The number of nitrogens with zero attached hydrogens (tertiary/aromatic N) is 1. The van der Waals surface area contributed by atoms with Crippen molar-refractivity contribution >= 4 is 0 Å². The van der Waals surface area contributed by atoms with Gasteiger partial charge in [-0.2, -0.15) is 0 Å². The number of unbranched alkanes of at least 4 members (excludes halogenated alkanes) is 7. The summed E-state index contributed by atoms with van der Waals surface area (Å²) in [6.07, 6.45) is 10.3. The Labute approximate surface area is 125 Å². The van der Waals surface area contributed by atoms with E-state index in [1.165, 1.54) is 51.4 Å². The first-order valence-corrected chi connectivity index (χ1v) is 8.29. The van der Waals surface area contributed by atoms with Gasteiger partial charge in [0.15, 0.2) is 6.29 Å². The molecule has 0 saturated carbocycles. The quantitative estimate of drug-likeness (QED) is 0.359. The molecule has 0 amide bonds. The number of ether oxygens (including phenoxy) is 1. The maximum absolute atomic E-state index is 8.80. The Hall–Kier alpha value is -0.160. The molecule has 0 aliphatic rings. The molecule has 0 rings (SSSR count). The van der Waals surface area contributed by atoms with Crippen LogP contribution in [-0.2, 0) is 4.74 Å². The van der Waals surface area contributed by atoms with Gasteiger partial charge in [0.2, 0.25) is 0 Å². The van der Waals surface area contributed by atoms with Crippen LogP contribution in [0.15, 0.2) is 0 Å². The van der Waals surface area contributed by atoms with Crippen LogP contribution in [0.4, 0.5) is 0 Å². The first-order valence-electron chi connectivity index (χ1n) is 8.29. The van der Waals surface area contributed by atoms with Crippen molar-refractivity contribution in [3.05, 3.63) is 0 Å². The molecule has 0 aromatic heterocycles. The lowest BCUT2D eigenvalue weighted by molar-refractivity contribution is -0.0580. The van der Waals surface area contributed by atoms with Crippen molar-refractivity contribution in [2.45, 2.75) is 71.0 Å². The summed E-state index contributed by atoms with van der Waals surface area (Å²) in [5.74, 6) is 0. The van der Waals surface area contributed by atoms with Crippen molar-refractivity contribution in [2.75, 3.05) is 33.4 Å². The second-order valence-corrected chi connectivity index (χ2v) is 5.68. The van der Waals surface area contributed by atoms with E-state index in [2.05, 4.69) is 6.92 Å². The Morgan fingerprint density at radius 1 is 0.850 bits per heavy atom. The Kier molecular flexibility index (Phi) is 15.1. The van der Waals surface area contributed by atoms with Gasteiger partial charge in [0.05, 0.1) is 0 Å². The molecule has 0 spiro atoms. The smallest absolute Gasteiger partial charge is 0.164 e. The van der Waals surface area contributed by atoms with Crippen molar-refractivity contribution in [1.82, 2.24) is 4.90 Å². The number of aliphatic hydroxyl groups excluding tert-OH is 1. The highest BCUT2D eigenvalue weighted by Crippen LogP contribution is 2.08. The van der Waals surface area contributed by atoms with Crippen LogP contribution < -0.4 is 0 Å². The van der Waals surface area contributed by atoms with Gasteiger partial charge in [0, 0.05) is 26.3 Å². The van der Waals surface area contributed by atoms with E-state index >= 15 is 0 Å². The average molecular weight is 289 g/mol. The van der Waals surface area contributed by atoms with Crippen LogP contribution >= 0.6 is 0 Å². The monoisotopic (exact) mass is 289 g/mol. The molecule has 0 aliphatic carbocycles. The molecule has 20 heavy (non-hydrogen) atoms. The second kappa shape index (κ2) is 15.2. The Morgan fingerprint density at radius 2 is 1.40 bits per heavy atom. The molecule has 0 bridgehead atoms. The lowest BCUT2D eigenvalue weighted by Gasteiger charge is -2.17. The molecular formula is C16H35NO3. The van der Waals surface area contributed by atoms with Gasteiger partial charge in [-0.05, 0) is 19.9 Å². The summed E-state index contributed by atoms with van der Waals surface area (Å²) < 4.78 is 5.58. The van der Waals surface area contributed by atoms with Crippen LogP contribution in [0.1, 0.15) is 64.7 Å². The van der Waals surface area contributed by atoms with E-state index in [9.17, 15) is 0 Å². The van der Waals surface area contributed by atoms with Crippen LogP contribution in [0.2, 0.25) is 0 Å². The standard InChI is InChI=1S/C16H35NO3/c1-3-4-5-6-7-8-9-10-13-20-14-11-12-17(2)15-16(18)19/h16,18-19H,3-15H2,1-2H3. The summed E-state index contributed by atoms with van der Waals surface area (Å²) in [7, 11) is 1.89. The molecule has 0 heterocycles. The molecule has 4 heteroatoms. The van der Waals surface area contributed by atoms with E-state index in [1.807, 2.05) is 11.9 Å². The first-order chi connectivity index (χ1) is 9.66. The number of aliphatic hydroxyl groups is 2. The first kappa shape index (κ1) is 19.8. The highest BCUT2D eigenvalue weighted by atomic mass is 16.5. The summed E-state index contributed by atoms with van der Waals surface area (Å²) in [5.41, 5.74) is 0. The molecule has 0 fully saturated rings. The third-order valence-electron chi connectivity index (χ3n) is 3.45. The van der Waals surface area contributed by atoms with Crippen molar-refractivity contribution in [1.29, 1.82) is 0 Å². The summed E-state index contributed by atoms with van der Waals surface area (Å²) >= 11 is 0. The van der Waals surface area contributed by atoms with Gasteiger partial charge in [-0.25, -0.2) is 0 Å². The fraction of sp³-hybridized carbons (Fsp3) is 1.00. The SMILES string of the molecule is CCCCCCCCCCOCCCN(C)CC(O)O. The minimum Gasteiger partial charge on any atom is -0.381 e. The van der Waals surface area contributed by atoms with Gasteiger partial charge in [-0.1, -0.05) is 51.9 Å². The number of hydrogen-bond donors (Lipinski definition) is 2. The lowest BCUT2D eigenvalue weighted by atomic mass is 10.1. The fourth-order valence-electron chi connectivity index (χ4n) is 2.25. The van der Waals surface area contributed by atoms with E-state index in [4.69, 9.17) is 14.9 Å². The topological polar surface area (TPSA) is 52.9 Å². The van der Waals surface area contributed by atoms with Crippen LogP contribution in [0.5, 0.6) is 0 Å². The maximum Gasteiger partial charge on any atom is 0.164 e. The van der Waals surface area contributed by atoms with Gasteiger partial charge in [-0.3, -0.25) is 0 Å². The molecule has 0 aliphatic heterocycles. The highest BCUT2D eigenvalue weighted by molar-refractivity contribution is 4.52. The third-order valence-corrected chi connectivity index (χ3v) is 3.45. The Morgan fingerprint density at radius 3 is 2.00 bits per heavy atom. The Bertz CT molecular complexity index is 189. The molecule has 2 N–H and O–H groups in total. The third kappa shape index (κ3) is 15.9. The normalized spacial score (nSPS) is 11.7. The molecule has 0 radical (unpaired) electrons. The van der Waals surface area contributed by atoms with Crippen LogP contribution in [0, 0.1) is 0 Å². The van der Waals surface area contributed by atoms with Crippen molar-refractivity contribution in [2.24, 2.45) is 0 Å². The van der Waals surface area contributed by atoms with Gasteiger partial charge in [0.1, 0.15) is 0 Å². The van der Waals surface area contributed by atoms with E-state index in [1.54, 1.807) is 0 Å². The molecular weight excluding hydrogens is 254 g/mol. The number of likely N-dealkylation sites (N-methyl/N-ethyl adjacent to an activating group) is 1. The largest absolute Gasteiger partial charge is 0.381 e. The maximum atomic E-state index is 8.80. The molecule has 0 aromatic rings.